The number of hydrogen-bond acceptors (Lipinski definition) is 4. The Kier molecular flexibility index (Phi) is 5.06. The first-order valence-corrected chi connectivity index (χ1v) is 7.70. The van der Waals surface area contributed by atoms with Gasteiger partial charge in [0.05, 0.1) is 11.3 Å². The summed E-state index contributed by atoms with van der Waals surface area (Å²) in [6, 6.07) is 3.51. The van der Waals surface area contributed by atoms with Crippen molar-refractivity contribution in [2.75, 3.05) is 16.4 Å². The lowest BCUT2D eigenvalue weighted by atomic mass is 10.4. The molecular weight excluding hydrogens is 268 g/mol. The fourth-order valence-corrected chi connectivity index (χ4v) is 3.48. The van der Waals surface area contributed by atoms with E-state index in [0.29, 0.717) is 29.3 Å². The Bertz CT molecular complexity index is 476. The number of halogens is 1. The highest BCUT2D eigenvalue weighted by Gasteiger charge is 2.13. The van der Waals surface area contributed by atoms with Crippen molar-refractivity contribution in [3.05, 3.63) is 17.0 Å². The summed E-state index contributed by atoms with van der Waals surface area (Å²) in [5, 5.41) is 10.8. The first kappa shape index (κ1) is 13.3. The number of unbranched alkanes of at least 4 members (excludes halogenated alkanes) is 1. The molecular formula is C9H11ClN2O2S2. The average Bonchev–Trinajstić information content (AvgIpc) is 2.64. The zero-order chi connectivity index (χ0) is 12.0. The molecule has 0 aliphatic carbocycles. The van der Waals surface area contributed by atoms with Crippen LogP contribution >= 0.6 is 22.9 Å². The summed E-state index contributed by atoms with van der Waals surface area (Å²) in [7, 11) is -3.36. The number of thiophene rings is 1. The predicted molar refractivity (Wildman–Crippen MR) is 66.4 cm³/mol. The van der Waals surface area contributed by atoms with E-state index in [1.54, 1.807) is 11.4 Å². The average molecular weight is 279 g/mol. The number of anilines is 1. The molecule has 0 aromatic carbocycles. The van der Waals surface area contributed by atoms with Crippen molar-refractivity contribution >= 4 is 38.0 Å². The molecule has 0 saturated carbocycles. The maximum Gasteiger partial charge on any atom is 0.233 e. The summed E-state index contributed by atoms with van der Waals surface area (Å²) < 4.78 is 25.6. The van der Waals surface area contributed by atoms with Gasteiger partial charge in [0.1, 0.15) is 11.1 Å². The molecule has 0 bridgehead atoms. The summed E-state index contributed by atoms with van der Waals surface area (Å²) in [5.74, 6) is 0.487. The summed E-state index contributed by atoms with van der Waals surface area (Å²) in [4.78, 5) is 0. The molecule has 0 atom stereocenters. The number of alkyl halides is 1. The summed E-state index contributed by atoms with van der Waals surface area (Å²) in [6.45, 7) is 0. The van der Waals surface area contributed by atoms with Gasteiger partial charge in [-0.25, -0.2) is 8.42 Å². The van der Waals surface area contributed by atoms with Crippen molar-refractivity contribution in [1.29, 1.82) is 5.26 Å². The fraction of sp³-hybridized carbons (Fsp3) is 0.444. The van der Waals surface area contributed by atoms with Gasteiger partial charge in [0, 0.05) is 5.88 Å². The van der Waals surface area contributed by atoms with Crippen LogP contribution in [0.2, 0.25) is 0 Å². The third kappa shape index (κ3) is 4.00. The van der Waals surface area contributed by atoms with Crippen molar-refractivity contribution in [2.24, 2.45) is 0 Å². The molecule has 0 spiro atoms. The molecule has 1 heterocycles. The van der Waals surface area contributed by atoms with Crippen LogP contribution in [0.15, 0.2) is 11.4 Å². The Labute approximate surface area is 104 Å². The lowest BCUT2D eigenvalue weighted by molar-refractivity contribution is 0.598. The second kappa shape index (κ2) is 6.09. The highest BCUT2D eigenvalue weighted by atomic mass is 35.5. The Morgan fingerprint density at radius 1 is 1.50 bits per heavy atom. The largest absolute Gasteiger partial charge is 0.273 e. The molecule has 1 aromatic heterocycles. The van der Waals surface area contributed by atoms with Crippen LogP contribution in [-0.2, 0) is 10.0 Å². The molecule has 0 saturated heterocycles. The zero-order valence-corrected chi connectivity index (χ0v) is 10.8. The Morgan fingerprint density at radius 3 is 2.88 bits per heavy atom. The van der Waals surface area contributed by atoms with Crippen molar-refractivity contribution < 1.29 is 8.42 Å². The van der Waals surface area contributed by atoms with Crippen LogP contribution < -0.4 is 4.72 Å². The minimum absolute atomic E-state index is 0.0302. The van der Waals surface area contributed by atoms with E-state index >= 15 is 0 Å². The number of nitrogens with one attached hydrogen (secondary N) is 1. The summed E-state index contributed by atoms with van der Waals surface area (Å²) in [5.41, 5.74) is 0.353. The van der Waals surface area contributed by atoms with Gasteiger partial charge in [-0.2, -0.15) is 5.26 Å². The quantitative estimate of drug-likeness (QED) is 0.641. The van der Waals surface area contributed by atoms with Gasteiger partial charge in [-0.1, -0.05) is 0 Å². The molecule has 0 fully saturated rings. The molecule has 4 nitrogen and oxygen atoms in total. The van der Waals surface area contributed by atoms with Crippen LogP contribution in [0.4, 0.5) is 5.00 Å². The van der Waals surface area contributed by atoms with Crippen LogP contribution in [-0.4, -0.2) is 20.1 Å². The normalized spacial score (nSPS) is 11.0. The van der Waals surface area contributed by atoms with Crippen LogP contribution in [0, 0.1) is 11.3 Å². The smallest absolute Gasteiger partial charge is 0.233 e. The van der Waals surface area contributed by atoms with E-state index in [0.717, 1.165) is 0 Å². The van der Waals surface area contributed by atoms with Crippen LogP contribution in [0.25, 0.3) is 0 Å². The molecule has 0 aliphatic rings. The van der Waals surface area contributed by atoms with Crippen molar-refractivity contribution in [3.8, 4) is 6.07 Å². The van der Waals surface area contributed by atoms with Gasteiger partial charge in [-0.15, -0.1) is 22.9 Å². The minimum atomic E-state index is -3.36. The highest BCUT2D eigenvalue weighted by Crippen LogP contribution is 2.23. The molecule has 16 heavy (non-hydrogen) atoms. The SMILES string of the molecule is N#Cc1ccsc1NS(=O)(=O)CCCCCl. The van der Waals surface area contributed by atoms with Crippen molar-refractivity contribution in [1.82, 2.24) is 0 Å². The maximum atomic E-state index is 11.6. The lowest BCUT2D eigenvalue weighted by Crippen LogP contribution is -2.16. The molecule has 88 valence electrons. The van der Waals surface area contributed by atoms with Gasteiger partial charge in [0.15, 0.2) is 0 Å². The Hall–Kier alpha value is -0.770. The molecule has 0 unspecified atom stereocenters. The van der Waals surface area contributed by atoms with Crippen LogP contribution in [0.1, 0.15) is 18.4 Å². The van der Waals surface area contributed by atoms with Gasteiger partial charge < -0.3 is 0 Å². The number of hydrogen-bond donors (Lipinski definition) is 1. The van der Waals surface area contributed by atoms with Gasteiger partial charge in [-0.3, -0.25) is 4.72 Å². The molecule has 1 rings (SSSR count). The molecule has 7 heteroatoms. The van der Waals surface area contributed by atoms with E-state index in [9.17, 15) is 8.42 Å². The molecule has 0 aliphatic heterocycles. The maximum absolute atomic E-state index is 11.6. The van der Waals surface area contributed by atoms with E-state index < -0.39 is 10.0 Å². The highest BCUT2D eigenvalue weighted by molar-refractivity contribution is 7.92. The number of nitrogens with zero attached hydrogens (tertiary/aromatic N) is 1. The van der Waals surface area contributed by atoms with Gasteiger partial charge in [-0.05, 0) is 24.3 Å². The number of nitriles is 1. The van der Waals surface area contributed by atoms with Crippen molar-refractivity contribution in [2.45, 2.75) is 12.8 Å². The van der Waals surface area contributed by atoms with Crippen LogP contribution in [0.5, 0.6) is 0 Å². The number of rotatable bonds is 6. The standard InChI is InChI=1S/C9H11ClN2O2S2/c10-4-1-2-6-16(13,14)12-9-8(7-11)3-5-15-9/h3,5,12H,1-2,4,6H2. The predicted octanol–water partition coefficient (Wildman–Crippen LogP) is 2.38. The molecule has 0 radical (unpaired) electrons. The minimum Gasteiger partial charge on any atom is -0.273 e. The van der Waals surface area contributed by atoms with Crippen LogP contribution in [0.3, 0.4) is 0 Å². The third-order valence-electron chi connectivity index (χ3n) is 1.83. The van der Waals surface area contributed by atoms with E-state index in [1.807, 2.05) is 6.07 Å². The van der Waals surface area contributed by atoms with E-state index in [1.165, 1.54) is 11.3 Å². The van der Waals surface area contributed by atoms with Gasteiger partial charge in [0.25, 0.3) is 0 Å². The van der Waals surface area contributed by atoms with Gasteiger partial charge in [0.2, 0.25) is 10.0 Å². The first-order valence-electron chi connectivity index (χ1n) is 4.63. The molecule has 0 amide bonds. The molecule has 1 N–H and O–H groups in total. The lowest BCUT2D eigenvalue weighted by Gasteiger charge is -2.05. The van der Waals surface area contributed by atoms with Crippen molar-refractivity contribution in [3.63, 3.8) is 0 Å². The second-order valence-corrected chi connectivity index (χ2v) is 6.23. The topological polar surface area (TPSA) is 70.0 Å². The summed E-state index contributed by atoms with van der Waals surface area (Å²) >= 11 is 6.67. The zero-order valence-electron chi connectivity index (χ0n) is 8.44. The molecule has 1 aromatic rings. The van der Waals surface area contributed by atoms with E-state index in [-0.39, 0.29) is 5.75 Å². The Morgan fingerprint density at radius 2 is 2.25 bits per heavy atom. The monoisotopic (exact) mass is 278 g/mol. The van der Waals surface area contributed by atoms with E-state index in [2.05, 4.69) is 4.72 Å². The fourth-order valence-electron chi connectivity index (χ4n) is 1.06. The Balaban J connectivity index is 2.63. The number of sulfonamides is 1. The van der Waals surface area contributed by atoms with E-state index in [4.69, 9.17) is 16.9 Å². The summed E-state index contributed by atoms with van der Waals surface area (Å²) in [6.07, 6.45) is 1.18. The third-order valence-corrected chi connectivity index (χ3v) is 4.40. The van der Waals surface area contributed by atoms with Gasteiger partial charge >= 0.3 is 0 Å². The second-order valence-electron chi connectivity index (χ2n) is 3.09. The first-order chi connectivity index (χ1) is 7.59.